The lowest BCUT2D eigenvalue weighted by atomic mass is 10.0. The molecule has 2 aliphatic heterocycles. The van der Waals surface area contributed by atoms with Crippen molar-refractivity contribution in [1.82, 2.24) is 25.5 Å². The van der Waals surface area contributed by atoms with Crippen LogP contribution in [0.25, 0.3) is 11.4 Å². The van der Waals surface area contributed by atoms with E-state index in [1.807, 2.05) is 47.4 Å². The third-order valence-corrected chi connectivity index (χ3v) is 5.41. The number of nitrogens with one attached hydrogen (secondary N) is 1. The Morgan fingerprint density at radius 2 is 1.86 bits per heavy atom. The molecule has 148 valence electrons. The summed E-state index contributed by atoms with van der Waals surface area (Å²) in [7, 11) is 0. The number of nitrogens with zero attached hydrogens (tertiary/aromatic N) is 4. The Hall–Kier alpha value is -3.42. The molecule has 0 bridgehead atoms. The largest absolute Gasteiger partial charge is 0.490 e. The van der Waals surface area contributed by atoms with Gasteiger partial charge in [-0.2, -0.15) is 5.21 Å². The van der Waals surface area contributed by atoms with E-state index in [0.717, 1.165) is 48.4 Å². The lowest BCUT2D eigenvalue weighted by Crippen LogP contribution is -2.30. The Morgan fingerprint density at radius 3 is 2.66 bits per heavy atom. The van der Waals surface area contributed by atoms with E-state index in [2.05, 4.69) is 20.6 Å². The summed E-state index contributed by atoms with van der Waals surface area (Å²) < 4.78 is 11.6. The van der Waals surface area contributed by atoms with Crippen LogP contribution >= 0.6 is 0 Å². The molecule has 1 aromatic heterocycles. The van der Waals surface area contributed by atoms with Gasteiger partial charge < -0.3 is 14.4 Å². The second kappa shape index (κ2) is 7.54. The van der Waals surface area contributed by atoms with Crippen molar-refractivity contribution in [1.29, 1.82) is 0 Å². The summed E-state index contributed by atoms with van der Waals surface area (Å²) >= 11 is 0. The van der Waals surface area contributed by atoms with Crippen molar-refractivity contribution in [3.05, 3.63) is 53.6 Å². The molecule has 0 saturated carbocycles. The number of ether oxygens (including phenoxy) is 2. The number of H-pyrrole nitrogens is 1. The molecule has 5 rings (SSSR count). The number of amides is 1. The number of likely N-dealkylation sites (tertiary alicyclic amines) is 1. The van der Waals surface area contributed by atoms with E-state index in [-0.39, 0.29) is 11.9 Å². The number of rotatable bonds is 3. The summed E-state index contributed by atoms with van der Waals surface area (Å²) in [4.78, 5) is 15.1. The van der Waals surface area contributed by atoms with Crippen LogP contribution in [0.4, 0.5) is 0 Å². The van der Waals surface area contributed by atoms with Crippen LogP contribution in [-0.4, -0.2) is 51.2 Å². The molecule has 0 radical (unpaired) electrons. The number of carbonyl (C=O) groups excluding carboxylic acids is 1. The maximum Gasteiger partial charge on any atom is 0.254 e. The average Bonchev–Trinajstić information content (AvgIpc) is 3.42. The van der Waals surface area contributed by atoms with Gasteiger partial charge in [0.15, 0.2) is 11.5 Å². The minimum atomic E-state index is 0.0271. The van der Waals surface area contributed by atoms with E-state index in [0.29, 0.717) is 24.6 Å². The predicted molar refractivity (Wildman–Crippen MR) is 105 cm³/mol. The van der Waals surface area contributed by atoms with Crippen LogP contribution < -0.4 is 9.47 Å². The zero-order valence-corrected chi connectivity index (χ0v) is 15.9. The molecule has 3 aromatic rings. The topological polar surface area (TPSA) is 93.2 Å². The molecule has 1 N–H and O–H groups in total. The Morgan fingerprint density at radius 1 is 1.03 bits per heavy atom. The van der Waals surface area contributed by atoms with Crippen molar-refractivity contribution in [2.75, 3.05) is 19.8 Å². The lowest BCUT2D eigenvalue weighted by molar-refractivity contribution is 0.0735. The number of fused-ring (bicyclic) bond motifs is 1. The fourth-order valence-electron chi connectivity index (χ4n) is 3.96. The first kappa shape index (κ1) is 17.7. The molecule has 0 spiro atoms. The number of benzene rings is 2. The Bertz CT molecular complexity index is 1000. The fourth-order valence-corrected chi connectivity index (χ4v) is 3.96. The number of hydrogen-bond donors (Lipinski definition) is 1. The fraction of sp³-hybridized carbons (Fsp3) is 0.333. The molecule has 8 heteroatoms. The van der Waals surface area contributed by atoms with Crippen LogP contribution in [0.3, 0.4) is 0 Å². The molecule has 8 nitrogen and oxygen atoms in total. The van der Waals surface area contributed by atoms with E-state index in [4.69, 9.17) is 9.47 Å². The quantitative estimate of drug-likeness (QED) is 0.738. The van der Waals surface area contributed by atoms with Gasteiger partial charge in [0.2, 0.25) is 5.82 Å². The highest BCUT2D eigenvalue weighted by atomic mass is 16.5. The Labute approximate surface area is 167 Å². The summed E-state index contributed by atoms with van der Waals surface area (Å²) in [6, 6.07) is 13.4. The van der Waals surface area contributed by atoms with Crippen LogP contribution in [-0.2, 0) is 0 Å². The van der Waals surface area contributed by atoms with Crippen molar-refractivity contribution >= 4 is 5.91 Å². The summed E-state index contributed by atoms with van der Waals surface area (Å²) in [5.41, 5.74) is 2.55. The summed E-state index contributed by atoms with van der Waals surface area (Å²) in [5, 5.41) is 13.9. The molecule has 1 fully saturated rings. The maximum atomic E-state index is 13.2. The van der Waals surface area contributed by atoms with E-state index in [1.54, 1.807) is 0 Å². The second-order valence-electron chi connectivity index (χ2n) is 7.23. The van der Waals surface area contributed by atoms with Gasteiger partial charge in [-0.05, 0) is 47.9 Å². The van der Waals surface area contributed by atoms with Crippen LogP contribution in [0.1, 0.15) is 41.2 Å². The van der Waals surface area contributed by atoms with Crippen LogP contribution in [0.5, 0.6) is 11.5 Å². The van der Waals surface area contributed by atoms with Crippen LogP contribution in [0.15, 0.2) is 42.5 Å². The molecule has 1 unspecified atom stereocenters. The van der Waals surface area contributed by atoms with Gasteiger partial charge in [-0.3, -0.25) is 4.79 Å². The summed E-state index contributed by atoms with van der Waals surface area (Å²) in [5.74, 6) is 2.08. The number of carbonyl (C=O) groups is 1. The van der Waals surface area contributed by atoms with Gasteiger partial charge in [0.05, 0.1) is 19.3 Å². The minimum absolute atomic E-state index is 0.0271. The van der Waals surface area contributed by atoms with E-state index < -0.39 is 0 Å². The monoisotopic (exact) mass is 391 g/mol. The summed E-state index contributed by atoms with van der Waals surface area (Å²) in [6.45, 7) is 2.06. The molecule has 2 aromatic carbocycles. The first-order valence-corrected chi connectivity index (χ1v) is 9.84. The SMILES string of the molecule is O=C(c1ccc(-c2nn[nH]n2)cc1)N1CCCC1c1ccc2c(c1)OCCCO2. The van der Waals surface area contributed by atoms with Crippen LogP contribution in [0, 0.1) is 0 Å². The van der Waals surface area contributed by atoms with E-state index in [1.165, 1.54) is 0 Å². The smallest absolute Gasteiger partial charge is 0.254 e. The van der Waals surface area contributed by atoms with Crippen molar-refractivity contribution in [2.45, 2.75) is 25.3 Å². The lowest BCUT2D eigenvalue weighted by Gasteiger charge is -2.26. The number of aromatic nitrogens is 4. The molecule has 29 heavy (non-hydrogen) atoms. The van der Waals surface area contributed by atoms with Gasteiger partial charge >= 0.3 is 0 Å². The zero-order chi connectivity index (χ0) is 19.6. The zero-order valence-electron chi connectivity index (χ0n) is 15.9. The van der Waals surface area contributed by atoms with Gasteiger partial charge in [-0.15, -0.1) is 10.2 Å². The third-order valence-electron chi connectivity index (χ3n) is 5.41. The van der Waals surface area contributed by atoms with Crippen molar-refractivity contribution in [2.24, 2.45) is 0 Å². The first-order valence-electron chi connectivity index (χ1n) is 9.84. The van der Waals surface area contributed by atoms with E-state index in [9.17, 15) is 4.79 Å². The predicted octanol–water partition coefficient (Wildman–Crippen LogP) is 3.01. The molecular formula is C21H21N5O3. The second-order valence-corrected chi connectivity index (χ2v) is 7.23. The molecule has 3 heterocycles. The third kappa shape index (κ3) is 3.41. The molecule has 1 amide bonds. The maximum absolute atomic E-state index is 13.2. The van der Waals surface area contributed by atoms with E-state index >= 15 is 0 Å². The molecule has 1 atom stereocenters. The number of aromatic amines is 1. The van der Waals surface area contributed by atoms with Gasteiger partial charge in [0.25, 0.3) is 5.91 Å². The highest BCUT2D eigenvalue weighted by Gasteiger charge is 2.31. The first-order chi connectivity index (χ1) is 14.3. The van der Waals surface area contributed by atoms with Crippen LogP contribution in [0.2, 0.25) is 0 Å². The molecule has 0 aliphatic carbocycles. The normalized spacial score (nSPS) is 18.5. The average molecular weight is 391 g/mol. The summed E-state index contributed by atoms with van der Waals surface area (Å²) in [6.07, 6.45) is 2.79. The van der Waals surface area contributed by atoms with Gasteiger partial charge in [0.1, 0.15) is 0 Å². The van der Waals surface area contributed by atoms with Gasteiger partial charge in [-0.1, -0.05) is 18.2 Å². The highest BCUT2D eigenvalue weighted by molar-refractivity contribution is 5.95. The standard InChI is InChI=1S/C21H21N5O3/c27-21(15-6-4-14(5-7-15)20-22-24-25-23-20)26-10-1-3-17(26)16-8-9-18-19(13-16)29-12-2-11-28-18/h4-9,13,17H,1-3,10-12H2,(H,22,23,24,25). The van der Waals surface area contributed by atoms with Gasteiger partial charge in [0, 0.05) is 24.1 Å². The molecular weight excluding hydrogens is 370 g/mol. The Kier molecular flexibility index (Phi) is 4.59. The number of tetrazole rings is 1. The highest BCUT2D eigenvalue weighted by Crippen LogP contribution is 2.38. The Balaban J connectivity index is 1.38. The number of hydrogen-bond acceptors (Lipinski definition) is 6. The van der Waals surface area contributed by atoms with Crippen molar-refractivity contribution < 1.29 is 14.3 Å². The molecule has 2 aliphatic rings. The van der Waals surface area contributed by atoms with Crippen molar-refractivity contribution in [3.8, 4) is 22.9 Å². The molecule has 1 saturated heterocycles. The van der Waals surface area contributed by atoms with Gasteiger partial charge in [-0.25, -0.2) is 0 Å². The van der Waals surface area contributed by atoms with Crippen molar-refractivity contribution in [3.63, 3.8) is 0 Å². The minimum Gasteiger partial charge on any atom is -0.490 e.